The van der Waals surface area contributed by atoms with Gasteiger partial charge >= 0.3 is 0 Å². The van der Waals surface area contributed by atoms with Crippen molar-refractivity contribution < 1.29 is 4.42 Å². The Morgan fingerprint density at radius 2 is 2.05 bits per heavy atom. The smallest absolute Gasteiger partial charge is 0.165 e. The first-order valence-electron chi connectivity index (χ1n) is 5.71. The summed E-state index contributed by atoms with van der Waals surface area (Å²) in [6, 6.07) is 9.62. The lowest BCUT2D eigenvalue weighted by Gasteiger charge is -2.03. The number of anilines is 1. The number of rotatable bonds is 1. The molecular formula is C14H10N4O. The van der Waals surface area contributed by atoms with Crippen molar-refractivity contribution >= 4 is 16.8 Å². The first kappa shape index (κ1) is 11.2. The molecule has 0 fully saturated rings. The summed E-state index contributed by atoms with van der Waals surface area (Å²) < 4.78 is 5.45. The number of nitriles is 1. The topological polar surface area (TPSA) is 88.7 Å². The molecule has 0 spiro atoms. The highest BCUT2D eigenvalue weighted by atomic mass is 16.3. The minimum Gasteiger partial charge on any atom is -0.464 e. The Bertz CT molecular complexity index is 791. The number of fused-ring (bicyclic) bond motifs is 1. The number of nitrogens with zero attached hydrogens (tertiary/aromatic N) is 3. The number of nitrogen functional groups attached to an aromatic ring is 1. The molecule has 0 unspecified atom stereocenters. The molecule has 2 aromatic heterocycles. The van der Waals surface area contributed by atoms with Crippen LogP contribution in [0.25, 0.3) is 22.4 Å². The van der Waals surface area contributed by atoms with E-state index >= 15 is 0 Å². The highest BCUT2D eigenvalue weighted by Gasteiger charge is 2.14. The van der Waals surface area contributed by atoms with Crippen LogP contribution in [0.2, 0.25) is 0 Å². The standard InChI is InChI=1S/C14H10N4O/c1-8-10(6-15)13(16)18-14(17-8)11-7-19-12-5-3-2-4-9(11)12/h2-5,7H,1H3,(H2,16,17,18). The molecule has 0 aliphatic rings. The van der Waals surface area contributed by atoms with Crippen molar-refractivity contribution in [1.29, 1.82) is 5.26 Å². The molecule has 0 saturated carbocycles. The zero-order valence-electron chi connectivity index (χ0n) is 10.2. The lowest BCUT2D eigenvalue weighted by atomic mass is 10.1. The summed E-state index contributed by atoms with van der Waals surface area (Å²) >= 11 is 0. The van der Waals surface area contributed by atoms with Crippen LogP contribution in [0.15, 0.2) is 34.9 Å². The normalized spacial score (nSPS) is 10.5. The highest BCUT2D eigenvalue weighted by molar-refractivity contribution is 5.92. The number of hydrogen-bond donors (Lipinski definition) is 1. The van der Waals surface area contributed by atoms with E-state index in [0.29, 0.717) is 17.1 Å². The van der Waals surface area contributed by atoms with E-state index in [1.54, 1.807) is 13.2 Å². The zero-order valence-corrected chi connectivity index (χ0v) is 10.2. The van der Waals surface area contributed by atoms with Crippen molar-refractivity contribution in [1.82, 2.24) is 9.97 Å². The van der Waals surface area contributed by atoms with Gasteiger partial charge in [-0.3, -0.25) is 0 Å². The van der Waals surface area contributed by atoms with Crippen LogP contribution < -0.4 is 5.73 Å². The molecule has 5 nitrogen and oxygen atoms in total. The van der Waals surface area contributed by atoms with Gasteiger partial charge in [-0.15, -0.1) is 0 Å². The summed E-state index contributed by atoms with van der Waals surface area (Å²) in [5.74, 6) is 0.661. The second-order valence-corrected chi connectivity index (χ2v) is 4.15. The third-order valence-electron chi connectivity index (χ3n) is 2.95. The van der Waals surface area contributed by atoms with Crippen LogP contribution in [0.1, 0.15) is 11.3 Å². The minimum atomic E-state index is 0.190. The van der Waals surface area contributed by atoms with Gasteiger partial charge < -0.3 is 10.2 Å². The first-order valence-corrected chi connectivity index (χ1v) is 5.71. The lowest BCUT2D eigenvalue weighted by Crippen LogP contribution is -2.02. The predicted octanol–water partition coefficient (Wildman–Crippen LogP) is 2.65. The summed E-state index contributed by atoms with van der Waals surface area (Å²) in [6.07, 6.45) is 1.60. The van der Waals surface area contributed by atoms with E-state index in [1.165, 1.54) is 0 Å². The van der Waals surface area contributed by atoms with Crippen molar-refractivity contribution in [2.75, 3.05) is 5.73 Å². The molecule has 0 aliphatic heterocycles. The van der Waals surface area contributed by atoms with E-state index in [9.17, 15) is 0 Å². The first-order chi connectivity index (χ1) is 9.20. The largest absolute Gasteiger partial charge is 0.464 e. The summed E-state index contributed by atoms with van der Waals surface area (Å²) in [5.41, 5.74) is 8.20. The maximum atomic E-state index is 8.96. The molecule has 19 heavy (non-hydrogen) atoms. The van der Waals surface area contributed by atoms with Crippen LogP contribution in [0.4, 0.5) is 5.82 Å². The van der Waals surface area contributed by atoms with Gasteiger partial charge in [0.25, 0.3) is 0 Å². The number of furan rings is 1. The van der Waals surface area contributed by atoms with Crippen LogP contribution in [0.5, 0.6) is 0 Å². The molecule has 5 heteroatoms. The average molecular weight is 250 g/mol. The fourth-order valence-electron chi connectivity index (χ4n) is 2.00. The molecule has 2 heterocycles. The molecule has 0 radical (unpaired) electrons. The van der Waals surface area contributed by atoms with E-state index in [0.717, 1.165) is 16.5 Å². The van der Waals surface area contributed by atoms with Crippen LogP contribution in [-0.2, 0) is 0 Å². The van der Waals surface area contributed by atoms with E-state index in [4.69, 9.17) is 15.4 Å². The van der Waals surface area contributed by atoms with Crippen LogP contribution in [0, 0.1) is 18.3 Å². The van der Waals surface area contributed by atoms with Crippen molar-refractivity contribution in [3.63, 3.8) is 0 Å². The molecule has 3 aromatic rings. The Labute approximate surface area is 109 Å². The van der Waals surface area contributed by atoms with Crippen molar-refractivity contribution in [2.24, 2.45) is 0 Å². The second kappa shape index (κ2) is 4.10. The van der Waals surface area contributed by atoms with Gasteiger partial charge in [-0.1, -0.05) is 18.2 Å². The SMILES string of the molecule is Cc1nc(-c2coc3ccccc23)nc(N)c1C#N. The molecule has 92 valence electrons. The molecule has 0 bridgehead atoms. The molecule has 2 N–H and O–H groups in total. The Hall–Kier alpha value is -2.87. The highest BCUT2D eigenvalue weighted by Crippen LogP contribution is 2.29. The maximum absolute atomic E-state index is 8.96. The molecule has 3 rings (SSSR count). The predicted molar refractivity (Wildman–Crippen MR) is 71.1 cm³/mol. The molecule has 0 amide bonds. The minimum absolute atomic E-state index is 0.190. The number of benzene rings is 1. The zero-order chi connectivity index (χ0) is 13.4. The van der Waals surface area contributed by atoms with Gasteiger partial charge in [-0.05, 0) is 13.0 Å². The number of hydrogen-bond acceptors (Lipinski definition) is 5. The molecular weight excluding hydrogens is 240 g/mol. The summed E-state index contributed by atoms with van der Waals surface area (Å²) in [4.78, 5) is 8.51. The summed E-state index contributed by atoms with van der Waals surface area (Å²) in [6.45, 7) is 1.74. The third kappa shape index (κ3) is 1.70. The number of para-hydroxylation sites is 1. The van der Waals surface area contributed by atoms with Crippen LogP contribution in [-0.4, -0.2) is 9.97 Å². The fourth-order valence-corrected chi connectivity index (χ4v) is 2.00. The van der Waals surface area contributed by atoms with Crippen molar-refractivity contribution in [3.05, 3.63) is 41.8 Å². The average Bonchev–Trinajstić information content (AvgIpc) is 2.82. The van der Waals surface area contributed by atoms with Gasteiger partial charge in [0.15, 0.2) is 5.82 Å². The Kier molecular flexibility index (Phi) is 2.43. The number of aromatic nitrogens is 2. The van der Waals surface area contributed by atoms with Gasteiger partial charge in [0, 0.05) is 5.39 Å². The van der Waals surface area contributed by atoms with Crippen molar-refractivity contribution in [2.45, 2.75) is 6.92 Å². The van der Waals surface area contributed by atoms with Gasteiger partial charge in [0.2, 0.25) is 0 Å². The quantitative estimate of drug-likeness (QED) is 0.717. The molecule has 0 atom stereocenters. The molecule has 0 aliphatic carbocycles. The lowest BCUT2D eigenvalue weighted by molar-refractivity contribution is 0.616. The fraction of sp³-hybridized carbons (Fsp3) is 0.0714. The molecule has 0 saturated heterocycles. The summed E-state index contributed by atoms with van der Waals surface area (Å²) in [5, 5.41) is 9.89. The summed E-state index contributed by atoms with van der Waals surface area (Å²) in [7, 11) is 0. The van der Waals surface area contributed by atoms with E-state index in [-0.39, 0.29) is 5.82 Å². The van der Waals surface area contributed by atoms with Crippen molar-refractivity contribution in [3.8, 4) is 17.5 Å². The Morgan fingerprint density at radius 3 is 2.79 bits per heavy atom. The maximum Gasteiger partial charge on any atom is 0.165 e. The Morgan fingerprint density at radius 1 is 1.26 bits per heavy atom. The van der Waals surface area contributed by atoms with Gasteiger partial charge in [0.05, 0.1) is 11.3 Å². The van der Waals surface area contributed by atoms with Gasteiger partial charge in [-0.25, -0.2) is 9.97 Å². The van der Waals surface area contributed by atoms with Crippen LogP contribution >= 0.6 is 0 Å². The number of nitrogens with two attached hydrogens (primary N) is 1. The van der Waals surface area contributed by atoms with Gasteiger partial charge in [0.1, 0.15) is 29.3 Å². The molecule has 1 aromatic carbocycles. The van der Waals surface area contributed by atoms with E-state index < -0.39 is 0 Å². The Balaban J connectivity index is 2.26. The number of aryl methyl sites for hydroxylation is 1. The third-order valence-corrected chi connectivity index (χ3v) is 2.95. The van der Waals surface area contributed by atoms with Gasteiger partial charge in [-0.2, -0.15) is 5.26 Å². The van der Waals surface area contributed by atoms with Crippen LogP contribution in [0.3, 0.4) is 0 Å². The van der Waals surface area contributed by atoms with E-state index in [2.05, 4.69) is 9.97 Å². The monoisotopic (exact) mass is 250 g/mol. The second-order valence-electron chi connectivity index (χ2n) is 4.15. The van der Waals surface area contributed by atoms with E-state index in [1.807, 2.05) is 30.3 Å².